The van der Waals surface area contributed by atoms with Crippen LogP contribution in [0.3, 0.4) is 0 Å². The maximum absolute atomic E-state index is 4.91. The predicted molar refractivity (Wildman–Crippen MR) is 80.6 cm³/mol. The second kappa shape index (κ2) is 4.76. The van der Waals surface area contributed by atoms with E-state index in [9.17, 15) is 0 Å². The van der Waals surface area contributed by atoms with E-state index in [1.165, 1.54) is 37.9 Å². The molecule has 4 aliphatic rings. The third-order valence-corrected chi connectivity index (χ3v) is 5.86. The average molecular weight is 274 g/mol. The van der Waals surface area contributed by atoms with Crippen molar-refractivity contribution in [3.63, 3.8) is 0 Å². The number of hydrogen-bond acceptors (Lipinski definition) is 3. The molecule has 1 aromatic heterocycles. The Bertz CT molecular complexity index is 465. The molecule has 4 bridgehead atoms. The van der Waals surface area contributed by atoms with Crippen molar-refractivity contribution < 1.29 is 0 Å². The molecule has 4 aliphatic carbocycles. The molecule has 0 saturated heterocycles. The summed E-state index contributed by atoms with van der Waals surface area (Å²) in [6, 6.07) is 2.86. The Balaban J connectivity index is 1.66. The fourth-order valence-electron chi connectivity index (χ4n) is 5.42. The molecule has 0 aliphatic heterocycles. The van der Waals surface area contributed by atoms with Gasteiger partial charge in [0.2, 0.25) is 0 Å². The molecule has 0 amide bonds. The SMILES string of the molecule is CNCc1cc(NC)n(C2C3CC4CC(C3)CC2C4)n1. The van der Waals surface area contributed by atoms with Gasteiger partial charge in [0.15, 0.2) is 0 Å². The maximum Gasteiger partial charge on any atom is 0.124 e. The van der Waals surface area contributed by atoms with Crippen molar-refractivity contribution in [2.75, 3.05) is 19.4 Å². The Morgan fingerprint density at radius 2 is 1.75 bits per heavy atom. The van der Waals surface area contributed by atoms with Crippen LogP contribution in [0.2, 0.25) is 0 Å². The van der Waals surface area contributed by atoms with Crippen LogP contribution in [0.5, 0.6) is 0 Å². The van der Waals surface area contributed by atoms with Gasteiger partial charge in [-0.2, -0.15) is 5.10 Å². The van der Waals surface area contributed by atoms with E-state index in [2.05, 4.69) is 21.4 Å². The molecule has 110 valence electrons. The summed E-state index contributed by atoms with van der Waals surface area (Å²) in [4.78, 5) is 0. The molecular formula is C16H26N4. The first-order valence-electron chi connectivity index (χ1n) is 8.19. The Kier molecular flexibility index (Phi) is 3.02. The molecule has 5 rings (SSSR count). The van der Waals surface area contributed by atoms with Crippen molar-refractivity contribution in [3.8, 4) is 0 Å². The summed E-state index contributed by atoms with van der Waals surface area (Å²) in [7, 11) is 4.01. The van der Waals surface area contributed by atoms with E-state index in [0.717, 1.165) is 35.9 Å². The van der Waals surface area contributed by atoms with Gasteiger partial charge in [-0.25, -0.2) is 4.68 Å². The topological polar surface area (TPSA) is 41.9 Å². The van der Waals surface area contributed by atoms with Gasteiger partial charge in [0.1, 0.15) is 5.82 Å². The molecule has 4 nitrogen and oxygen atoms in total. The van der Waals surface area contributed by atoms with E-state index in [-0.39, 0.29) is 0 Å². The maximum atomic E-state index is 4.91. The van der Waals surface area contributed by atoms with Gasteiger partial charge in [-0.1, -0.05) is 0 Å². The molecular weight excluding hydrogens is 248 g/mol. The molecule has 0 aromatic carbocycles. The Morgan fingerprint density at radius 1 is 1.10 bits per heavy atom. The Labute approximate surface area is 121 Å². The minimum absolute atomic E-state index is 0.649. The zero-order valence-electron chi connectivity index (χ0n) is 12.6. The summed E-state index contributed by atoms with van der Waals surface area (Å²) in [5.74, 6) is 5.01. The number of anilines is 1. The molecule has 4 fully saturated rings. The molecule has 1 heterocycles. The van der Waals surface area contributed by atoms with Gasteiger partial charge >= 0.3 is 0 Å². The van der Waals surface area contributed by atoms with Crippen LogP contribution in [0, 0.1) is 23.7 Å². The highest BCUT2D eigenvalue weighted by Gasteiger charge is 2.49. The number of hydrogen-bond donors (Lipinski definition) is 2. The van der Waals surface area contributed by atoms with Crippen molar-refractivity contribution in [2.45, 2.75) is 44.7 Å². The third kappa shape index (κ3) is 1.88. The van der Waals surface area contributed by atoms with Crippen LogP contribution in [-0.2, 0) is 6.54 Å². The molecule has 1 aromatic rings. The van der Waals surface area contributed by atoms with Crippen LogP contribution in [0.15, 0.2) is 6.07 Å². The van der Waals surface area contributed by atoms with Crippen LogP contribution in [-0.4, -0.2) is 23.9 Å². The number of nitrogens with one attached hydrogen (secondary N) is 2. The average Bonchev–Trinajstić information content (AvgIpc) is 2.81. The first-order valence-corrected chi connectivity index (χ1v) is 8.19. The van der Waals surface area contributed by atoms with Crippen LogP contribution < -0.4 is 10.6 Å². The van der Waals surface area contributed by atoms with E-state index in [1.54, 1.807) is 0 Å². The molecule has 4 heteroatoms. The zero-order valence-corrected chi connectivity index (χ0v) is 12.6. The fourth-order valence-corrected chi connectivity index (χ4v) is 5.42. The highest BCUT2D eigenvalue weighted by atomic mass is 15.4. The minimum Gasteiger partial charge on any atom is -0.373 e. The number of nitrogens with zero attached hydrogens (tertiary/aromatic N) is 2. The highest BCUT2D eigenvalue weighted by molar-refractivity contribution is 5.37. The van der Waals surface area contributed by atoms with Gasteiger partial charge in [0.05, 0.1) is 11.7 Å². The molecule has 0 radical (unpaired) electrons. The summed E-state index contributed by atoms with van der Waals surface area (Å²) in [6.07, 6.45) is 7.30. The smallest absolute Gasteiger partial charge is 0.124 e. The van der Waals surface area contributed by atoms with Crippen molar-refractivity contribution in [1.82, 2.24) is 15.1 Å². The Morgan fingerprint density at radius 3 is 2.30 bits per heavy atom. The first-order chi connectivity index (χ1) is 9.78. The van der Waals surface area contributed by atoms with E-state index in [4.69, 9.17) is 5.10 Å². The minimum atomic E-state index is 0.649. The predicted octanol–water partition coefficient (Wildman–Crippen LogP) is 2.64. The second-order valence-electron chi connectivity index (χ2n) is 7.17. The first kappa shape index (κ1) is 12.7. The van der Waals surface area contributed by atoms with Gasteiger partial charge in [-0.3, -0.25) is 0 Å². The van der Waals surface area contributed by atoms with Gasteiger partial charge < -0.3 is 10.6 Å². The standard InChI is InChI=1S/C16H26N4/c1-17-9-14-8-15(18-2)20(19-14)16-12-4-10-3-11(6-12)7-13(16)5-10/h8,10-13,16-18H,3-7,9H2,1-2H3. The van der Waals surface area contributed by atoms with Crippen molar-refractivity contribution in [1.29, 1.82) is 0 Å². The lowest BCUT2D eigenvalue weighted by molar-refractivity contribution is -0.0329. The molecule has 0 atom stereocenters. The summed E-state index contributed by atoms with van der Waals surface area (Å²) in [5.41, 5.74) is 1.16. The lowest BCUT2D eigenvalue weighted by Crippen LogP contribution is -2.46. The fraction of sp³-hybridized carbons (Fsp3) is 0.812. The van der Waals surface area contributed by atoms with Gasteiger partial charge in [-0.15, -0.1) is 0 Å². The van der Waals surface area contributed by atoms with E-state index in [0.29, 0.717) is 6.04 Å². The van der Waals surface area contributed by atoms with Crippen LogP contribution >= 0.6 is 0 Å². The largest absolute Gasteiger partial charge is 0.373 e. The van der Waals surface area contributed by atoms with Gasteiger partial charge in [0, 0.05) is 19.7 Å². The second-order valence-corrected chi connectivity index (χ2v) is 7.17. The van der Waals surface area contributed by atoms with E-state index in [1.807, 2.05) is 14.1 Å². The monoisotopic (exact) mass is 274 g/mol. The normalized spacial score (nSPS) is 38.4. The molecule has 0 unspecified atom stereocenters. The van der Waals surface area contributed by atoms with Gasteiger partial charge in [0.25, 0.3) is 0 Å². The molecule has 0 spiro atoms. The number of rotatable bonds is 4. The quantitative estimate of drug-likeness (QED) is 0.887. The lowest BCUT2D eigenvalue weighted by atomic mass is 9.54. The van der Waals surface area contributed by atoms with Crippen molar-refractivity contribution >= 4 is 5.82 Å². The summed E-state index contributed by atoms with van der Waals surface area (Å²) < 4.78 is 2.33. The Hall–Kier alpha value is -1.03. The van der Waals surface area contributed by atoms with E-state index < -0.39 is 0 Å². The number of aromatic nitrogens is 2. The molecule has 4 saturated carbocycles. The molecule has 2 N–H and O–H groups in total. The van der Waals surface area contributed by atoms with Crippen molar-refractivity contribution in [2.24, 2.45) is 23.7 Å². The highest BCUT2D eigenvalue weighted by Crippen LogP contribution is 2.58. The van der Waals surface area contributed by atoms with Gasteiger partial charge in [-0.05, 0) is 62.8 Å². The summed E-state index contributed by atoms with van der Waals surface area (Å²) >= 11 is 0. The third-order valence-electron chi connectivity index (χ3n) is 5.86. The van der Waals surface area contributed by atoms with Crippen LogP contribution in [0.4, 0.5) is 5.82 Å². The van der Waals surface area contributed by atoms with Crippen molar-refractivity contribution in [3.05, 3.63) is 11.8 Å². The summed E-state index contributed by atoms with van der Waals surface area (Å²) in [6.45, 7) is 0.856. The lowest BCUT2D eigenvalue weighted by Gasteiger charge is -2.54. The van der Waals surface area contributed by atoms with Crippen LogP contribution in [0.25, 0.3) is 0 Å². The van der Waals surface area contributed by atoms with Crippen LogP contribution in [0.1, 0.15) is 43.8 Å². The zero-order chi connectivity index (χ0) is 13.7. The molecule has 20 heavy (non-hydrogen) atoms. The summed E-state index contributed by atoms with van der Waals surface area (Å²) in [5, 5.41) is 11.5. The van der Waals surface area contributed by atoms with E-state index >= 15 is 0 Å².